The van der Waals surface area contributed by atoms with Crippen LogP contribution in [0.4, 0.5) is 0 Å². The number of alkyl halides is 1. The zero-order valence-electron chi connectivity index (χ0n) is 9.30. The molecule has 0 aromatic carbocycles. The number of carbonyl (C=O) groups is 1. The first-order chi connectivity index (χ1) is 7.63. The van der Waals surface area contributed by atoms with E-state index in [1.54, 1.807) is 6.20 Å². The van der Waals surface area contributed by atoms with Crippen molar-refractivity contribution in [3.8, 4) is 0 Å². The first-order valence-corrected chi connectivity index (χ1v) is 6.65. The van der Waals surface area contributed by atoms with Crippen molar-refractivity contribution in [1.29, 1.82) is 0 Å². The molecule has 0 amide bonds. The summed E-state index contributed by atoms with van der Waals surface area (Å²) in [6.45, 7) is 1.92. The number of rotatable bonds is 6. The second-order valence-corrected chi connectivity index (χ2v) is 5.05. The zero-order chi connectivity index (χ0) is 12.0. The summed E-state index contributed by atoms with van der Waals surface area (Å²) in [5.41, 5.74) is 1.93. The summed E-state index contributed by atoms with van der Waals surface area (Å²) >= 11 is 8.92. The molecule has 0 aliphatic heterocycles. The third-order valence-corrected chi connectivity index (χ3v) is 3.09. The Bertz CT molecular complexity index is 368. The number of pyridine rings is 1. The van der Waals surface area contributed by atoms with Crippen molar-refractivity contribution < 1.29 is 4.79 Å². The minimum atomic E-state index is 0.258. The van der Waals surface area contributed by atoms with Crippen LogP contribution < -0.4 is 0 Å². The second-order valence-electron chi connectivity index (χ2n) is 3.76. The van der Waals surface area contributed by atoms with Gasteiger partial charge in [0, 0.05) is 35.1 Å². The zero-order valence-corrected chi connectivity index (χ0v) is 11.6. The number of halogens is 2. The molecule has 0 atom stereocenters. The van der Waals surface area contributed by atoms with Crippen molar-refractivity contribution in [2.75, 3.05) is 5.88 Å². The Morgan fingerprint density at radius 2 is 2.25 bits per heavy atom. The highest BCUT2D eigenvalue weighted by molar-refractivity contribution is 9.10. The molecule has 0 N–H and O–H groups in total. The van der Waals surface area contributed by atoms with Crippen LogP contribution in [0.1, 0.15) is 30.5 Å². The Balaban J connectivity index is 2.52. The Morgan fingerprint density at radius 1 is 1.50 bits per heavy atom. The van der Waals surface area contributed by atoms with Gasteiger partial charge in [0.1, 0.15) is 5.78 Å². The molecule has 1 rings (SSSR count). The summed E-state index contributed by atoms with van der Waals surface area (Å²) in [5.74, 6) is 0.887. The molecule has 1 aromatic rings. The van der Waals surface area contributed by atoms with Gasteiger partial charge in [-0.1, -0.05) is 0 Å². The lowest BCUT2D eigenvalue weighted by Crippen LogP contribution is -2.05. The minimum absolute atomic E-state index is 0.258. The van der Waals surface area contributed by atoms with Gasteiger partial charge in [0.05, 0.1) is 0 Å². The predicted molar refractivity (Wildman–Crippen MR) is 70.0 cm³/mol. The fourth-order valence-electron chi connectivity index (χ4n) is 1.45. The molecule has 0 bridgehead atoms. The van der Waals surface area contributed by atoms with Crippen molar-refractivity contribution in [3.05, 3.63) is 28.0 Å². The first-order valence-electron chi connectivity index (χ1n) is 5.32. The fourth-order valence-corrected chi connectivity index (χ4v) is 2.01. The number of nitrogens with zero attached hydrogens (tertiary/aromatic N) is 1. The lowest BCUT2D eigenvalue weighted by atomic mass is 10.0. The van der Waals surface area contributed by atoms with Gasteiger partial charge in [0.25, 0.3) is 0 Å². The lowest BCUT2D eigenvalue weighted by Gasteiger charge is -2.04. The molecule has 1 heterocycles. The van der Waals surface area contributed by atoms with E-state index in [1.165, 1.54) is 0 Å². The van der Waals surface area contributed by atoms with Crippen LogP contribution in [-0.2, 0) is 11.2 Å². The molecule has 4 heteroatoms. The molecule has 0 aliphatic carbocycles. The van der Waals surface area contributed by atoms with E-state index in [9.17, 15) is 4.79 Å². The van der Waals surface area contributed by atoms with Gasteiger partial charge in [-0.3, -0.25) is 9.78 Å². The number of aryl methyl sites for hydroxylation is 1. The van der Waals surface area contributed by atoms with Gasteiger partial charge < -0.3 is 0 Å². The molecular weight excluding hydrogens is 289 g/mol. The van der Waals surface area contributed by atoms with E-state index in [-0.39, 0.29) is 5.78 Å². The second kappa shape index (κ2) is 7.02. The summed E-state index contributed by atoms with van der Waals surface area (Å²) < 4.78 is 0.918. The molecule has 0 saturated heterocycles. The average Bonchev–Trinajstić information content (AvgIpc) is 2.24. The molecule has 0 fully saturated rings. The maximum Gasteiger partial charge on any atom is 0.137 e. The van der Waals surface area contributed by atoms with E-state index in [2.05, 4.69) is 20.9 Å². The normalized spacial score (nSPS) is 10.4. The molecule has 0 unspecified atom stereocenters. The minimum Gasteiger partial charge on any atom is -0.299 e. The summed E-state index contributed by atoms with van der Waals surface area (Å²) in [6, 6.07) is 1.96. The van der Waals surface area contributed by atoms with Crippen molar-refractivity contribution in [1.82, 2.24) is 4.98 Å². The molecule has 88 valence electrons. The van der Waals surface area contributed by atoms with Crippen molar-refractivity contribution in [3.63, 3.8) is 0 Å². The average molecular weight is 305 g/mol. The van der Waals surface area contributed by atoms with Crippen LogP contribution >= 0.6 is 27.5 Å². The standard InChI is InChI=1S/C12H15BrClNO/c1-9-10(6-11(13)8-15-9)7-12(16)4-2-3-5-14/h6,8H,2-5,7H2,1H3. The van der Waals surface area contributed by atoms with E-state index in [1.807, 2.05) is 13.0 Å². The van der Waals surface area contributed by atoms with Gasteiger partial charge in [0.2, 0.25) is 0 Å². The Hall–Kier alpha value is -0.410. The van der Waals surface area contributed by atoms with E-state index in [0.717, 1.165) is 28.6 Å². The molecule has 2 nitrogen and oxygen atoms in total. The van der Waals surface area contributed by atoms with Crippen LogP contribution in [0.25, 0.3) is 0 Å². The molecular formula is C12H15BrClNO. The van der Waals surface area contributed by atoms with Gasteiger partial charge in [-0.25, -0.2) is 0 Å². The lowest BCUT2D eigenvalue weighted by molar-refractivity contribution is -0.118. The van der Waals surface area contributed by atoms with Gasteiger partial charge in [-0.05, 0) is 47.3 Å². The van der Waals surface area contributed by atoms with Gasteiger partial charge in [-0.15, -0.1) is 11.6 Å². The predicted octanol–water partition coefficient (Wildman–Crippen LogP) is 3.67. The third kappa shape index (κ3) is 4.62. The Kier molecular flexibility index (Phi) is 5.99. The molecule has 1 aromatic heterocycles. The van der Waals surface area contributed by atoms with Crippen LogP contribution in [0.15, 0.2) is 16.7 Å². The molecule has 0 aliphatic rings. The summed E-state index contributed by atoms with van der Waals surface area (Å²) in [5, 5.41) is 0. The van der Waals surface area contributed by atoms with Gasteiger partial charge in [-0.2, -0.15) is 0 Å². The highest BCUT2D eigenvalue weighted by Crippen LogP contribution is 2.15. The molecule has 16 heavy (non-hydrogen) atoms. The third-order valence-electron chi connectivity index (χ3n) is 2.39. The number of hydrogen-bond acceptors (Lipinski definition) is 2. The van der Waals surface area contributed by atoms with Crippen molar-refractivity contribution in [2.24, 2.45) is 0 Å². The quantitative estimate of drug-likeness (QED) is 0.593. The van der Waals surface area contributed by atoms with Crippen LogP contribution in [0.5, 0.6) is 0 Å². The molecule has 0 saturated carbocycles. The van der Waals surface area contributed by atoms with E-state index in [4.69, 9.17) is 11.6 Å². The topological polar surface area (TPSA) is 30.0 Å². The van der Waals surface area contributed by atoms with E-state index >= 15 is 0 Å². The highest BCUT2D eigenvalue weighted by atomic mass is 79.9. The summed E-state index contributed by atoms with van der Waals surface area (Å²) in [4.78, 5) is 15.9. The van der Waals surface area contributed by atoms with Crippen LogP contribution in [0.2, 0.25) is 0 Å². The van der Waals surface area contributed by atoms with E-state index in [0.29, 0.717) is 18.7 Å². The van der Waals surface area contributed by atoms with Gasteiger partial charge >= 0.3 is 0 Å². The van der Waals surface area contributed by atoms with Crippen LogP contribution in [0, 0.1) is 6.92 Å². The van der Waals surface area contributed by atoms with E-state index < -0.39 is 0 Å². The maximum atomic E-state index is 11.7. The fraction of sp³-hybridized carbons (Fsp3) is 0.500. The monoisotopic (exact) mass is 303 g/mol. The van der Waals surface area contributed by atoms with Gasteiger partial charge in [0.15, 0.2) is 0 Å². The number of carbonyl (C=O) groups excluding carboxylic acids is 1. The van der Waals surface area contributed by atoms with Crippen molar-refractivity contribution >= 4 is 33.3 Å². The maximum absolute atomic E-state index is 11.7. The largest absolute Gasteiger partial charge is 0.299 e. The molecule has 0 radical (unpaired) electrons. The van der Waals surface area contributed by atoms with Crippen LogP contribution in [-0.4, -0.2) is 16.6 Å². The molecule has 0 spiro atoms. The number of unbranched alkanes of at least 4 members (excludes halogenated alkanes) is 1. The number of aromatic nitrogens is 1. The number of hydrogen-bond donors (Lipinski definition) is 0. The first kappa shape index (κ1) is 13.7. The summed E-state index contributed by atoms with van der Waals surface area (Å²) in [6.07, 6.45) is 4.61. The van der Waals surface area contributed by atoms with Crippen LogP contribution in [0.3, 0.4) is 0 Å². The number of ketones is 1. The summed E-state index contributed by atoms with van der Waals surface area (Å²) in [7, 11) is 0. The van der Waals surface area contributed by atoms with Crippen molar-refractivity contribution in [2.45, 2.75) is 32.6 Å². The SMILES string of the molecule is Cc1ncc(Br)cc1CC(=O)CCCCCl. The number of Topliss-reactive ketones (excluding diaryl/α,β-unsaturated/α-hetero) is 1. The Labute approximate surface area is 110 Å². The smallest absolute Gasteiger partial charge is 0.137 e. The Morgan fingerprint density at radius 3 is 2.94 bits per heavy atom. The highest BCUT2D eigenvalue weighted by Gasteiger charge is 2.07.